The van der Waals surface area contributed by atoms with Gasteiger partial charge in [0.2, 0.25) is 0 Å². The molecule has 3 heterocycles. The third kappa shape index (κ3) is 8.13. The maximum atomic E-state index is 5.01. The van der Waals surface area contributed by atoms with Crippen molar-refractivity contribution in [2.45, 2.75) is 94.9 Å². The molecule has 30 heavy (non-hydrogen) atoms. The van der Waals surface area contributed by atoms with Crippen LogP contribution in [0.5, 0.6) is 0 Å². The van der Waals surface area contributed by atoms with Gasteiger partial charge in [0.25, 0.3) is 0 Å². The van der Waals surface area contributed by atoms with Gasteiger partial charge in [-0.15, -0.1) is 0 Å². The van der Waals surface area contributed by atoms with Gasteiger partial charge in [0.15, 0.2) is 0 Å². The van der Waals surface area contributed by atoms with Crippen molar-refractivity contribution in [2.24, 2.45) is 7.05 Å². The minimum absolute atomic E-state index is 0.520. The van der Waals surface area contributed by atoms with Gasteiger partial charge in [-0.2, -0.15) is 10.2 Å². The number of aromatic amines is 1. The summed E-state index contributed by atoms with van der Waals surface area (Å²) in [5.41, 5.74) is 5.97. The van der Waals surface area contributed by atoms with E-state index in [1.807, 2.05) is 55.5 Å². The summed E-state index contributed by atoms with van der Waals surface area (Å²) in [6.07, 6.45) is 0. The molecule has 0 aliphatic heterocycles. The summed E-state index contributed by atoms with van der Waals surface area (Å²) in [4.78, 5) is 4.06. The van der Waals surface area contributed by atoms with Crippen LogP contribution < -0.4 is 0 Å². The summed E-state index contributed by atoms with van der Waals surface area (Å²) in [5, 5.41) is 15.0. The van der Waals surface area contributed by atoms with Crippen LogP contribution in [0.1, 0.15) is 99.0 Å². The fraction of sp³-hybridized carbons (Fsp3) is 0.652. The Kier molecular flexibility index (Phi) is 11.9. The van der Waals surface area contributed by atoms with Crippen molar-refractivity contribution < 1.29 is 4.52 Å². The van der Waals surface area contributed by atoms with E-state index in [1.54, 1.807) is 4.68 Å². The topological polar surface area (TPSA) is 85.4 Å². The van der Waals surface area contributed by atoms with Crippen LogP contribution in [-0.4, -0.2) is 30.1 Å². The number of aryl methyl sites for hydroxylation is 7. The summed E-state index contributed by atoms with van der Waals surface area (Å²) in [5.74, 6) is 3.85. The van der Waals surface area contributed by atoms with Crippen molar-refractivity contribution >= 4 is 0 Å². The highest BCUT2D eigenvalue weighted by Crippen LogP contribution is 2.21. The lowest BCUT2D eigenvalue weighted by Crippen LogP contribution is -1.92. The Balaban J connectivity index is 0.000000406. The van der Waals surface area contributed by atoms with E-state index in [1.165, 1.54) is 16.8 Å². The molecule has 0 saturated carbocycles. The van der Waals surface area contributed by atoms with E-state index in [4.69, 9.17) is 4.52 Å². The maximum Gasteiger partial charge on any atom is 0.147 e. The van der Waals surface area contributed by atoms with Crippen molar-refractivity contribution in [3.8, 4) is 0 Å². The van der Waals surface area contributed by atoms with E-state index in [0.717, 1.165) is 28.8 Å². The largest absolute Gasteiger partial charge is 0.361 e. The summed E-state index contributed by atoms with van der Waals surface area (Å²) >= 11 is 0. The average molecular weight is 419 g/mol. The second-order valence-corrected chi connectivity index (χ2v) is 7.72. The van der Waals surface area contributed by atoms with Crippen molar-refractivity contribution in [3.63, 3.8) is 0 Å². The minimum atomic E-state index is 0.520. The molecule has 0 radical (unpaired) electrons. The minimum Gasteiger partial charge on any atom is -0.361 e. The van der Waals surface area contributed by atoms with E-state index in [-0.39, 0.29) is 0 Å². The lowest BCUT2D eigenvalue weighted by atomic mass is 10.0. The monoisotopic (exact) mass is 418 g/mol. The van der Waals surface area contributed by atoms with E-state index in [0.29, 0.717) is 11.8 Å². The molecule has 170 valence electrons. The standard InChI is InChI=1S/C8H14N2.C8H13NO.C5H9N3.C2H6/c2*1-5(2)8-6(3)9-10-7(8)4;1-4-6-5(2)8(3)7-4;1-2/h5H,1-4H3,(H,9,10);5H,1-4H3;1-3H3;1-2H3. The van der Waals surface area contributed by atoms with Gasteiger partial charge < -0.3 is 4.52 Å². The van der Waals surface area contributed by atoms with Crippen LogP contribution in [0.2, 0.25) is 0 Å². The molecular weight excluding hydrogens is 376 g/mol. The zero-order valence-electron chi connectivity index (χ0n) is 21.3. The smallest absolute Gasteiger partial charge is 0.147 e. The van der Waals surface area contributed by atoms with Crippen molar-refractivity contribution in [3.05, 3.63) is 45.6 Å². The second-order valence-electron chi connectivity index (χ2n) is 7.72. The predicted molar refractivity (Wildman–Crippen MR) is 124 cm³/mol. The molecule has 0 bridgehead atoms. The molecule has 0 unspecified atom stereocenters. The van der Waals surface area contributed by atoms with Crippen molar-refractivity contribution in [2.75, 3.05) is 0 Å². The summed E-state index contributed by atoms with van der Waals surface area (Å²) in [6.45, 7) is 24.5. The third-order valence-corrected chi connectivity index (χ3v) is 4.52. The first kappa shape index (κ1) is 27.6. The van der Waals surface area contributed by atoms with Gasteiger partial charge in [0.05, 0.1) is 11.4 Å². The Morgan fingerprint density at radius 2 is 1.37 bits per heavy atom. The Morgan fingerprint density at radius 1 is 0.833 bits per heavy atom. The quantitative estimate of drug-likeness (QED) is 0.550. The number of rotatable bonds is 2. The molecule has 0 spiro atoms. The molecule has 0 aliphatic carbocycles. The van der Waals surface area contributed by atoms with Gasteiger partial charge in [0.1, 0.15) is 17.4 Å². The summed E-state index contributed by atoms with van der Waals surface area (Å²) in [6, 6.07) is 0. The molecule has 0 fully saturated rings. The number of aromatic nitrogens is 6. The molecule has 0 aromatic carbocycles. The van der Waals surface area contributed by atoms with Gasteiger partial charge in [-0.05, 0) is 58.9 Å². The van der Waals surface area contributed by atoms with Crippen LogP contribution in [0, 0.1) is 41.5 Å². The molecule has 3 aromatic rings. The number of H-pyrrole nitrogens is 1. The molecule has 0 saturated heterocycles. The highest BCUT2D eigenvalue weighted by Gasteiger charge is 2.11. The summed E-state index contributed by atoms with van der Waals surface area (Å²) < 4.78 is 6.77. The molecule has 3 aromatic heterocycles. The number of hydrogen-bond acceptors (Lipinski definition) is 5. The first-order valence-electron chi connectivity index (χ1n) is 10.7. The van der Waals surface area contributed by atoms with Crippen LogP contribution in [-0.2, 0) is 7.05 Å². The van der Waals surface area contributed by atoms with Gasteiger partial charge in [-0.1, -0.05) is 46.7 Å². The fourth-order valence-corrected chi connectivity index (χ4v) is 3.34. The number of nitrogens with one attached hydrogen (secondary N) is 1. The van der Waals surface area contributed by atoms with Crippen LogP contribution >= 0.6 is 0 Å². The Bertz CT molecular complexity index is 762. The lowest BCUT2D eigenvalue weighted by Gasteiger charge is -2.02. The Morgan fingerprint density at radius 3 is 1.53 bits per heavy atom. The van der Waals surface area contributed by atoms with E-state index < -0.39 is 0 Å². The molecule has 0 amide bonds. The first-order chi connectivity index (χ1) is 14.0. The van der Waals surface area contributed by atoms with Gasteiger partial charge in [-0.3, -0.25) is 9.78 Å². The van der Waals surface area contributed by atoms with E-state index in [9.17, 15) is 0 Å². The third-order valence-electron chi connectivity index (χ3n) is 4.52. The van der Waals surface area contributed by atoms with Gasteiger partial charge in [-0.25, -0.2) is 4.98 Å². The number of nitrogens with zero attached hydrogens (tertiary/aromatic N) is 5. The van der Waals surface area contributed by atoms with Crippen LogP contribution in [0.15, 0.2) is 4.52 Å². The Labute approximate surface area is 182 Å². The first-order valence-corrected chi connectivity index (χ1v) is 10.7. The predicted octanol–water partition coefficient (Wildman–Crippen LogP) is 6.02. The molecule has 7 nitrogen and oxygen atoms in total. The highest BCUT2D eigenvalue weighted by molar-refractivity contribution is 5.26. The molecule has 0 aliphatic rings. The molecule has 0 atom stereocenters. The van der Waals surface area contributed by atoms with Gasteiger partial charge in [0, 0.05) is 18.3 Å². The van der Waals surface area contributed by atoms with Crippen LogP contribution in [0.4, 0.5) is 0 Å². The average Bonchev–Trinajstić information content (AvgIpc) is 3.27. The molecule has 7 heteroatoms. The molecule has 3 rings (SSSR count). The SMILES string of the molecule is CC.Cc1n[nH]c(C)c1C(C)C.Cc1nc(C)n(C)n1.Cc1noc(C)c1C(C)C. The summed E-state index contributed by atoms with van der Waals surface area (Å²) in [7, 11) is 1.88. The highest BCUT2D eigenvalue weighted by atomic mass is 16.5. The second kappa shape index (κ2) is 13.0. The van der Waals surface area contributed by atoms with Crippen LogP contribution in [0.25, 0.3) is 0 Å². The fourth-order valence-electron chi connectivity index (χ4n) is 3.34. The maximum absolute atomic E-state index is 5.01. The van der Waals surface area contributed by atoms with Crippen molar-refractivity contribution in [1.82, 2.24) is 30.1 Å². The zero-order valence-corrected chi connectivity index (χ0v) is 21.3. The molecule has 1 N–H and O–H groups in total. The lowest BCUT2D eigenvalue weighted by molar-refractivity contribution is 0.392. The molecular formula is C23H42N6O. The number of hydrogen-bond donors (Lipinski definition) is 1. The zero-order chi connectivity index (χ0) is 23.6. The Hall–Kier alpha value is -2.44. The van der Waals surface area contributed by atoms with Crippen LogP contribution in [0.3, 0.4) is 0 Å². The van der Waals surface area contributed by atoms with Gasteiger partial charge >= 0.3 is 0 Å². The van der Waals surface area contributed by atoms with Crippen molar-refractivity contribution in [1.29, 1.82) is 0 Å². The van der Waals surface area contributed by atoms with E-state index >= 15 is 0 Å². The normalized spacial score (nSPS) is 10.1. The van der Waals surface area contributed by atoms with E-state index in [2.05, 4.69) is 60.1 Å².